The highest BCUT2D eigenvalue weighted by molar-refractivity contribution is 7.15. The molecule has 2 N–H and O–H groups in total. The molecule has 24 heavy (non-hydrogen) atoms. The zero-order valence-electron chi connectivity index (χ0n) is 14.6. The number of ether oxygens (including phenoxy) is 1. The van der Waals surface area contributed by atoms with Crippen molar-refractivity contribution in [2.45, 2.75) is 27.3 Å². The first-order chi connectivity index (χ1) is 11.7. The monoisotopic (exact) mass is 346 g/mol. The molecule has 0 fully saturated rings. The molecule has 2 aromatic rings. The standard InChI is InChI=1S/C18H26N4OS/c1-4-19-18(20-11-12-23-5-2)21-13-16-14(3)22-17(24-16)15-9-7-6-8-10-15/h6-10H,4-5,11-13H2,1-3H3,(H2,19,20,21). The van der Waals surface area contributed by atoms with Crippen molar-refractivity contribution in [2.24, 2.45) is 4.99 Å². The molecule has 0 bridgehead atoms. The van der Waals surface area contributed by atoms with Crippen LogP contribution in [0.4, 0.5) is 0 Å². The molecule has 0 aliphatic heterocycles. The zero-order chi connectivity index (χ0) is 17.2. The third-order valence-electron chi connectivity index (χ3n) is 3.38. The molecule has 0 amide bonds. The Balaban J connectivity index is 2.01. The van der Waals surface area contributed by atoms with Gasteiger partial charge in [-0.15, -0.1) is 11.3 Å². The van der Waals surface area contributed by atoms with E-state index in [9.17, 15) is 0 Å². The highest BCUT2D eigenvalue weighted by atomic mass is 32.1. The van der Waals surface area contributed by atoms with Gasteiger partial charge < -0.3 is 15.4 Å². The maximum atomic E-state index is 5.34. The summed E-state index contributed by atoms with van der Waals surface area (Å²) in [5, 5.41) is 7.59. The molecule has 0 atom stereocenters. The molecule has 1 aromatic heterocycles. The number of rotatable bonds is 8. The Kier molecular flexibility index (Phi) is 7.71. The number of nitrogens with zero attached hydrogens (tertiary/aromatic N) is 2. The van der Waals surface area contributed by atoms with E-state index in [0.717, 1.165) is 41.9 Å². The van der Waals surface area contributed by atoms with Gasteiger partial charge in [0.25, 0.3) is 0 Å². The van der Waals surface area contributed by atoms with Gasteiger partial charge in [-0.1, -0.05) is 30.3 Å². The number of hydrogen-bond donors (Lipinski definition) is 2. The third-order valence-corrected chi connectivity index (χ3v) is 4.57. The van der Waals surface area contributed by atoms with Crippen molar-refractivity contribution in [3.63, 3.8) is 0 Å². The molecule has 5 nitrogen and oxygen atoms in total. The van der Waals surface area contributed by atoms with Gasteiger partial charge in [-0.2, -0.15) is 0 Å². The highest BCUT2D eigenvalue weighted by Gasteiger charge is 2.09. The molecule has 0 unspecified atom stereocenters. The highest BCUT2D eigenvalue weighted by Crippen LogP contribution is 2.28. The summed E-state index contributed by atoms with van der Waals surface area (Å²) >= 11 is 1.71. The lowest BCUT2D eigenvalue weighted by Gasteiger charge is -2.10. The van der Waals surface area contributed by atoms with Crippen LogP contribution in [0.3, 0.4) is 0 Å². The van der Waals surface area contributed by atoms with Gasteiger partial charge in [-0.3, -0.25) is 0 Å². The first-order valence-electron chi connectivity index (χ1n) is 8.36. The fourth-order valence-corrected chi connectivity index (χ4v) is 3.15. The topological polar surface area (TPSA) is 58.5 Å². The molecule has 0 radical (unpaired) electrons. The van der Waals surface area contributed by atoms with Crippen molar-refractivity contribution in [1.29, 1.82) is 0 Å². The zero-order valence-corrected chi connectivity index (χ0v) is 15.4. The average molecular weight is 347 g/mol. The number of thiazole rings is 1. The lowest BCUT2D eigenvalue weighted by molar-refractivity contribution is 0.152. The van der Waals surface area contributed by atoms with Crippen LogP contribution in [-0.4, -0.2) is 37.2 Å². The molecule has 1 aromatic carbocycles. The van der Waals surface area contributed by atoms with Gasteiger partial charge in [0, 0.05) is 30.1 Å². The van der Waals surface area contributed by atoms with E-state index in [4.69, 9.17) is 4.74 Å². The Morgan fingerprint density at radius 1 is 1.21 bits per heavy atom. The summed E-state index contributed by atoms with van der Waals surface area (Å²) in [5.74, 6) is 0.811. The maximum absolute atomic E-state index is 5.34. The molecule has 6 heteroatoms. The molecule has 0 saturated heterocycles. The SMILES string of the molecule is CCNC(=NCc1sc(-c2ccccc2)nc1C)NCCOCC. The summed E-state index contributed by atoms with van der Waals surface area (Å²) in [4.78, 5) is 10.5. The van der Waals surface area contributed by atoms with Crippen LogP contribution in [0.15, 0.2) is 35.3 Å². The van der Waals surface area contributed by atoms with E-state index in [1.807, 2.05) is 32.0 Å². The van der Waals surface area contributed by atoms with Crippen molar-refractivity contribution < 1.29 is 4.74 Å². The Labute approximate surface area is 148 Å². The van der Waals surface area contributed by atoms with Gasteiger partial charge in [-0.05, 0) is 20.8 Å². The maximum Gasteiger partial charge on any atom is 0.191 e. The number of nitrogens with one attached hydrogen (secondary N) is 2. The van der Waals surface area contributed by atoms with E-state index in [1.165, 1.54) is 4.88 Å². The summed E-state index contributed by atoms with van der Waals surface area (Å²) in [6.45, 7) is 9.72. The number of benzene rings is 1. The lowest BCUT2D eigenvalue weighted by atomic mass is 10.2. The fraction of sp³-hybridized carbons (Fsp3) is 0.444. The van der Waals surface area contributed by atoms with Gasteiger partial charge in [-0.25, -0.2) is 9.98 Å². The Morgan fingerprint density at radius 3 is 2.71 bits per heavy atom. The second kappa shape index (κ2) is 10.1. The minimum absolute atomic E-state index is 0.625. The second-order valence-corrected chi connectivity index (χ2v) is 6.30. The minimum atomic E-state index is 0.625. The predicted molar refractivity (Wildman–Crippen MR) is 102 cm³/mol. The van der Waals surface area contributed by atoms with Crippen LogP contribution in [0.1, 0.15) is 24.4 Å². The second-order valence-electron chi connectivity index (χ2n) is 5.21. The average Bonchev–Trinajstić information content (AvgIpc) is 2.98. The van der Waals surface area contributed by atoms with Gasteiger partial charge in [0.1, 0.15) is 5.01 Å². The van der Waals surface area contributed by atoms with Gasteiger partial charge >= 0.3 is 0 Å². The molecule has 0 aliphatic carbocycles. The van der Waals surface area contributed by atoms with Crippen molar-refractivity contribution in [2.75, 3.05) is 26.3 Å². The minimum Gasteiger partial charge on any atom is -0.380 e. The molecule has 0 spiro atoms. The van der Waals surface area contributed by atoms with E-state index in [-0.39, 0.29) is 0 Å². The first kappa shape index (κ1) is 18.4. The van der Waals surface area contributed by atoms with Crippen LogP contribution in [0.2, 0.25) is 0 Å². The van der Waals surface area contributed by atoms with Crippen molar-refractivity contribution >= 4 is 17.3 Å². The van der Waals surface area contributed by atoms with Crippen LogP contribution < -0.4 is 10.6 Å². The Morgan fingerprint density at radius 2 is 2.00 bits per heavy atom. The fourth-order valence-electron chi connectivity index (χ4n) is 2.16. The number of aromatic nitrogens is 1. The largest absolute Gasteiger partial charge is 0.380 e. The molecular formula is C18H26N4OS. The van der Waals surface area contributed by atoms with Crippen molar-refractivity contribution in [3.8, 4) is 10.6 Å². The van der Waals surface area contributed by atoms with E-state index in [0.29, 0.717) is 13.2 Å². The van der Waals surface area contributed by atoms with Gasteiger partial charge in [0.15, 0.2) is 5.96 Å². The molecule has 0 saturated carbocycles. The summed E-state index contributed by atoms with van der Waals surface area (Å²) in [6, 6.07) is 10.3. The number of aryl methyl sites for hydroxylation is 1. The summed E-state index contributed by atoms with van der Waals surface area (Å²) in [7, 11) is 0. The molecular weight excluding hydrogens is 320 g/mol. The predicted octanol–water partition coefficient (Wildman–Crippen LogP) is 3.21. The van der Waals surface area contributed by atoms with Crippen molar-refractivity contribution in [3.05, 3.63) is 40.9 Å². The van der Waals surface area contributed by atoms with Crippen molar-refractivity contribution in [1.82, 2.24) is 15.6 Å². The Hall–Kier alpha value is -1.92. The number of aliphatic imine (C=N–C) groups is 1. The normalized spacial score (nSPS) is 11.5. The van der Waals surface area contributed by atoms with Crippen LogP contribution >= 0.6 is 11.3 Å². The third kappa shape index (κ3) is 5.62. The number of hydrogen-bond acceptors (Lipinski definition) is 4. The molecule has 0 aliphatic rings. The first-order valence-corrected chi connectivity index (χ1v) is 9.17. The lowest BCUT2D eigenvalue weighted by Crippen LogP contribution is -2.38. The quantitative estimate of drug-likeness (QED) is 0.438. The molecule has 130 valence electrons. The van der Waals surface area contributed by atoms with E-state index in [1.54, 1.807) is 11.3 Å². The van der Waals surface area contributed by atoms with E-state index in [2.05, 4.69) is 39.7 Å². The smallest absolute Gasteiger partial charge is 0.191 e. The van der Waals surface area contributed by atoms with Gasteiger partial charge in [0.05, 0.1) is 18.8 Å². The van der Waals surface area contributed by atoms with Crippen LogP contribution in [0.25, 0.3) is 10.6 Å². The van der Waals surface area contributed by atoms with Gasteiger partial charge in [0.2, 0.25) is 0 Å². The summed E-state index contributed by atoms with van der Waals surface area (Å²) < 4.78 is 5.34. The van der Waals surface area contributed by atoms with Crippen LogP contribution in [0, 0.1) is 6.92 Å². The molecule has 1 heterocycles. The van der Waals surface area contributed by atoms with Crippen LogP contribution in [-0.2, 0) is 11.3 Å². The summed E-state index contributed by atoms with van der Waals surface area (Å²) in [5.41, 5.74) is 2.20. The van der Waals surface area contributed by atoms with E-state index >= 15 is 0 Å². The molecule has 2 rings (SSSR count). The van der Waals surface area contributed by atoms with E-state index < -0.39 is 0 Å². The van der Waals surface area contributed by atoms with Crippen LogP contribution in [0.5, 0.6) is 0 Å². The Bertz CT molecular complexity index is 640. The number of guanidine groups is 1. The summed E-state index contributed by atoms with van der Waals surface area (Å²) in [6.07, 6.45) is 0.